The van der Waals surface area contributed by atoms with Gasteiger partial charge in [0.1, 0.15) is 5.82 Å². The molecule has 1 aromatic carbocycles. The Bertz CT molecular complexity index is 398. The lowest BCUT2D eigenvalue weighted by Crippen LogP contribution is -1.88. The third kappa shape index (κ3) is 3.26. The SMILES string of the molecule is Cl.ClCc1nc(Cc2ccccc2)c[nH]1. The molecule has 0 saturated carbocycles. The number of halogens is 2. The highest BCUT2D eigenvalue weighted by molar-refractivity contribution is 6.16. The van der Waals surface area contributed by atoms with E-state index in [4.69, 9.17) is 11.6 Å². The zero-order chi connectivity index (χ0) is 9.80. The van der Waals surface area contributed by atoms with Crippen LogP contribution in [-0.4, -0.2) is 9.97 Å². The van der Waals surface area contributed by atoms with Gasteiger partial charge in [-0.05, 0) is 5.56 Å². The number of benzene rings is 1. The van der Waals surface area contributed by atoms with Crippen LogP contribution in [0.1, 0.15) is 17.1 Å². The molecule has 0 unspecified atom stereocenters. The molecule has 2 aromatic rings. The quantitative estimate of drug-likeness (QED) is 0.824. The van der Waals surface area contributed by atoms with Crippen LogP contribution in [0.5, 0.6) is 0 Å². The van der Waals surface area contributed by atoms with Crippen molar-refractivity contribution in [1.82, 2.24) is 9.97 Å². The van der Waals surface area contributed by atoms with Gasteiger partial charge >= 0.3 is 0 Å². The van der Waals surface area contributed by atoms with Gasteiger partial charge in [-0.2, -0.15) is 0 Å². The molecule has 2 nitrogen and oxygen atoms in total. The monoisotopic (exact) mass is 242 g/mol. The van der Waals surface area contributed by atoms with E-state index in [1.54, 1.807) is 0 Å². The van der Waals surface area contributed by atoms with E-state index in [0.717, 1.165) is 17.9 Å². The van der Waals surface area contributed by atoms with Crippen molar-refractivity contribution in [2.45, 2.75) is 12.3 Å². The number of nitrogens with one attached hydrogen (secondary N) is 1. The maximum Gasteiger partial charge on any atom is 0.121 e. The summed E-state index contributed by atoms with van der Waals surface area (Å²) in [6.45, 7) is 0. The van der Waals surface area contributed by atoms with Gasteiger partial charge in [-0.3, -0.25) is 0 Å². The zero-order valence-corrected chi connectivity index (χ0v) is 9.68. The fourth-order valence-electron chi connectivity index (χ4n) is 1.37. The molecule has 0 amide bonds. The molecule has 15 heavy (non-hydrogen) atoms. The molecule has 0 spiro atoms. The highest BCUT2D eigenvalue weighted by atomic mass is 35.5. The Labute approximate surface area is 100 Å². The molecule has 1 N–H and O–H groups in total. The molecular formula is C11H12Cl2N2. The van der Waals surface area contributed by atoms with Crippen molar-refractivity contribution in [3.63, 3.8) is 0 Å². The lowest BCUT2D eigenvalue weighted by Gasteiger charge is -1.95. The van der Waals surface area contributed by atoms with Crippen molar-refractivity contribution < 1.29 is 0 Å². The zero-order valence-electron chi connectivity index (χ0n) is 8.11. The van der Waals surface area contributed by atoms with Crippen LogP contribution >= 0.6 is 24.0 Å². The normalized spacial score (nSPS) is 9.67. The second kappa shape index (κ2) is 5.79. The van der Waals surface area contributed by atoms with Crippen molar-refractivity contribution in [2.24, 2.45) is 0 Å². The van der Waals surface area contributed by atoms with E-state index < -0.39 is 0 Å². The van der Waals surface area contributed by atoms with Crippen LogP contribution in [0.4, 0.5) is 0 Å². The Morgan fingerprint density at radius 3 is 2.53 bits per heavy atom. The Kier molecular flexibility index (Phi) is 4.66. The van der Waals surface area contributed by atoms with Crippen LogP contribution in [0, 0.1) is 0 Å². The van der Waals surface area contributed by atoms with Crippen LogP contribution in [-0.2, 0) is 12.3 Å². The highest BCUT2D eigenvalue weighted by Gasteiger charge is 2.00. The summed E-state index contributed by atoms with van der Waals surface area (Å²) in [5.41, 5.74) is 2.30. The molecule has 0 bridgehead atoms. The number of hydrogen-bond donors (Lipinski definition) is 1. The summed E-state index contributed by atoms with van der Waals surface area (Å²) >= 11 is 5.65. The minimum atomic E-state index is 0. The summed E-state index contributed by atoms with van der Waals surface area (Å²) < 4.78 is 0. The second-order valence-electron chi connectivity index (χ2n) is 3.13. The van der Waals surface area contributed by atoms with Gasteiger partial charge in [-0.15, -0.1) is 24.0 Å². The summed E-state index contributed by atoms with van der Waals surface area (Å²) in [5, 5.41) is 0. The van der Waals surface area contributed by atoms with Crippen molar-refractivity contribution >= 4 is 24.0 Å². The molecule has 0 fully saturated rings. The van der Waals surface area contributed by atoms with E-state index in [9.17, 15) is 0 Å². The Morgan fingerprint density at radius 2 is 1.93 bits per heavy atom. The van der Waals surface area contributed by atoms with Gasteiger partial charge in [-0.25, -0.2) is 4.98 Å². The third-order valence-corrected chi connectivity index (χ3v) is 2.29. The third-order valence-electron chi connectivity index (χ3n) is 2.04. The van der Waals surface area contributed by atoms with E-state index in [2.05, 4.69) is 22.1 Å². The predicted octanol–water partition coefficient (Wildman–Crippen LogP) is 3.16. The van der Waals surface area contributed by atoms with Crippen molar-refractivity contribution in [2.75, 3.05) is 0 Å². The van der Waals surface area contributed by atoms with Gasteiger partial charge in [0, 0.05) is 12.6 Å². The highest BCUT2D eigenvalue weighted by Crippen LogP contribution is 2.07. The van der Waals surface area contributed by atoms with Gasteiger partial charge in [0.15, 0.2) is 0 Å². The first-order chi connectivity index (χ1) is 6.88. The van der Waals surface area contributed by atoms with E-state index in [0.29, 0.717) is 5.88 Å². The molecule has 2 rings (SSSR count). The van der Waals surface area contributed by atoms with Crippen LogP contribution in [0.2, 0.25) is 0 Å². The number of aromatic nitrogens is 2. The number of H-pyrrole nitrogens is 1. The van der Waals surface area contributed by atoms with E-state index >= 15 is 0 Å². The molecule has 0 aliphatic carbocycles. The summed E-state index contributed by atoms with van der Waals surface area (Å²) in [6.07, 6.45) is 2.76. The number of aromatic amines is 1. The molecule has 0 atom stereocenters. The Morgan fingerprint density at radius 1 is 1.20 bits per heavy atom. The maximum absolute atomic E-state index is 5.65. The summed E-state index contributed by atoms with van der Waals surface area (Å²) in [4.78, 5) is 7.37. The molecule has 1 heterocycles. The van der Waals surface area contributed by atoms with Crippen molar-refractivity contribution in [3.8, 4) is 0 Å². The van der Waals surface area contributed by atoms with Crippen LogP contribution < -0.4 is 0 Å². The van der Waals surface area contributed by atoms with Crippen LogP contribution in [0.3, 0.4) is 0 Å². The Balaban J connectivity index is 0.00000112. The topological polar surface area (TPSA) is 28.7 Å². The summed E-state index contributed by atoms with van der Waals surface area (Å²) in [7, 11) is 0. The van der Waals surface area contributed by atoms with Gasteiger partial charge in [-0.1, -0.05) is 30.3 Å². The molecular weight excluding hydrogens is 231 g/mol. The smallest absolute Gasteiger partial charge is 0.121 e. The molecule has 4 heteroatoms. The lowest BCUT2D eigenvalue weighted by molar-refractivity contribution is 1.06. The second-order valence-corrected chi connectivity index (χ2v) is 3.40. The summed E-state index contributed by atoms with van der Waals surface area (Å²) in [6, 6.07) is 10.3. The minimum Gasteiger partial charge on any atom is -0.347 e. The first kappa shape index (κ1) is 12.1. The van der Waals surface area contributed by atoms with E-state index in [-0.39, 0.29) is 12.4 Å². The first-order valence-electron chi connectivity index (χ1n) is 4.51. The van der Waals surface area contributed by atoms with E-state index in [1.165, 1.54) is 5.56 Å². The molecule has 0 saturated heterocycles. The number of hydrogen-bond acceptors (Lipinski definition) is 1. The average Bonchev–Trinajstić information content (AvgIpc) is 2.67. The fraction of sp³-hybridized carbons (Fsp3) is 0.182. The molecule has 0 aliphatic rings. The lowest BCUT2D eigenvalue weighted by atomic mass is 10.1. The first-order valence-corrected chi connectivity index (χ1v) is 5.05. The Hall–Kier alpha value is -0.990. The van der Waals surface area contributed by atoms with Gasteiger partial charge < -0.3 is 4.98 Å². The van der Waals surface area contributed by atoms with Crippen molar-refractivity contribution in [1.29, 1.82) is 0 Å². The van der Waals surface area contributed by atoms with Gasteiger partial charge in [0.05, 0.1) is 11.6 Å². The summed E-state index contributed by atoms with van der Waals surface area (Å²) in [5.74, 6) is 1.27. The fourth-order valence-corrected chi connectivity index (χ4v) is 1.51. The standard InChI is InChI=1S/C11H11ClN2.ClH/c12-7-11-13-8-10(14-11)6-9-4-2-1-3-5-9;/h1-5,8H,6-7H2,(H,13,14);1H. The molecule has 0 radical (unpaired) electrons. The predicted molar refractivity (Wildman–Crippen MR) is 64.6 cm³/mol. The molecule has 0 aliphatic heterocycles. The maximum atomic E-state index is 5.65. The van der Waals surface area contributed by atoms with E-state index in [1.807, 2.05) is 24.4 Å². The number of rotatable bonds is 3. The van der Waals surface area contributed by atoms with Crippen LogP contribution in [0.15, 0.2) is 36.5 Å². The largest absolute Gasteiger partial charge is 0.347 e. The number of imidazole rings is 1. The number of nitrogens with zero attached hydrogens (tertiary/aromatic N) is 1. The van der Waals surface area contributed by atoms with Gasteiger partial charge in [0.25, 0.3) is 0 Å². The molecule has 80 valence electrons. The minimum absolute atomic E-state index is 0. The van der Waals surface area contributed by atoms with Crippen LogP contribution in [0.25, 0.3) is 0 Å². The van der Waals surface area contributed by atoms with Crippen molar-refractivity contribution in [3.05, 3.63) is 53.6 Å². The number of alkyl halides is 1. The molecule has 1 aromatic heterocycles. The average molecular weight is 243 g/mol. The van der Waals surface area contributed by atoms with Gasteiger partial charge in [0.2, 0.25) is 0 Å².